The molecule has 3 aromatic carbocycles. The van der Waals surface area contributed by atoms with Crippen molar-refractivity contribution in [3.8, 4) is 5.75 Å². The van der Waals surface area contributed by atoms with Gasteiger partial charge in [0.1, 0.15) is 6.61 Å². The average Bonchev–Trinajstić information content (AvgIpc) is 3.01. The van der Waals surface area contributed by atoms with E-state index >= 15 is 0 Å². The predicted octanol–water partition coefficient (Wildman–Crippen LogP) is 7.18. The summed E-state index contributed by atoms with van der Waals surface area (Å²) in [5.74, 6) is 0.437. The first-order valence-electron chi connectivity index (χ1n) is 10.3. The van der Waals surface area contributed by atoms with Crippen LogP contribution < -0.4 is 9.64 Å². The minimum Gasteiger partial charge on any atom is -0.486 e. The van der Waals surface area contributed by atoms with Crippen LogP contribution in [-0.2, 0) is 11.4 Å². The van der Waals surface area contributed by atoms with Gasteiger partial charge in [-0.2, -0.15) is 0 Å². The number of anilines is 1. The van der Waals surface area contributed by atoms with Gasteiger partial charge in [0, 0.05) is 17.7 Å². The summed E-state index contributed by atoms with van der Waals surface area (Å²) >= 11 is 13.0. The largest absolute Gasteiger partial charge is 0.486 e. The van der Waals surface area contributed by atoms with Gasteiger partial charge in [-0.05, 0) is 48.7 Å². The Kier molecular flexibility index (Phi) is 6.35. The zero-order chi connectivity index (χ0) is 22.0. The Bertz CT molecular complexity index is 1130. The van der Waals surface area contributed by atoms with Gasteiger partial charge in [-0.3, -0.25) is 4.79 Å². The van der Waals surface area contributed by atoms with Crippen LogP contribution in [0.15, 0.2) is 60.7 Å². The number of benzene rings is 3. The van der Waals surface area contributed by atoms with Gasteiger partial charge in [-0.1, -0.05) is 78.2 Å². The van der Waals surface area contributed by atoms with Crippen molar-refractivity contribution in [1.82, 2.24) is 0 Å². The molecule has 3 nitrogen and oxygen atoms in total. The SMILES string of the molecule is CCCN1C(=O)/C(=C\c2cc(Cl)c(OCc3ccc(C)cc3)c(Cl)c2)c2ccccc21. The van der Waals surface area contributed by atoms with Crippen molar-refractivity contribution < 1.29 is 9.53 Å². The second-order valence-corrected chi connectivity index (χ2v) is 8.43. The summed E-state index contributed by atoms with van der Waals surface area (Å²) in [5.41, 5.74) is 5.49. The number of fused-ring (bicyclic) bond motifs is 1. The Labute approximate surface area is 192 Å². The molecule has 0 radical (unpaired) electrons. The van der Waals surface area contributed by atoms with E-state index in [-0.39, 0.29) is 5.91 Å². The Balaban J connectivity index is 1.61. The fraction of sp³-hybridized carbons (Fsp3) is 0.192. The third-order valence-corrected chi connectivity index (χ3v) is 5.80. The number of amides is 1. The Hall–Kier alpha value is -2.75. The van der Waals surface area contributed by atoms with Gasteiger partial charge < -0.3 is 9.64 Å². The smallest absolute Gasteiger partial charge is 0.258 e. The molecular formula is C26H23Cl2NO2. The molecule has 1 heterocycles. The highest BCUT2D eigenvalue weighted by Gasteiger charge is 2.31. The quantitative estimate of drug-likeness (QED) is 0.371. The molecule has 0 aromatic heterocycles. The maximum Gasteiger partial charge on any atom is 0.258 e. The molecule has 0 saturated heterocycles. The van der Waals surface area contributed by atoms with Gasteiger partial charge >= 0.3 is 0 Å². The van der Waals surface area contributed by atoms with Crippen molar-refractivity contribution in [2.75, 3.05) is 11.4 Å². The molecule has 0 fully saturated rings. The molecule has 0 unspecified atom stereocenters. The van der Waals surface area contributed by atoms with Crippen LogP contribution in [0.2, 0.25) is 10.0 Å². The highest BCUT2D eigenvalue weighted by molar-refractivity contribution is 6.38. The van der Waals surface area contributed by atoms with E-state index in [1.54, 1.807) is 12.1 Å². The molecule has 31 heavy (non-hydrogen) atoms. The number of para-hydroxylation sites is 1. The lowest BCUT2D eigenvalue weighted by atomic mass is 10.0. The molecule has 4 rings (SSSR count). The van der Waals surface area contributed by atoms with E-state index in [0.29, 0.717) is 34.5 Å². The number of ether oxygens (including phenoxy) is 1. The number of hydrogen-bond donors (Lipinski definition) is 0. The Morgan fingerprint density at radius 1 is 1.00 bits per heavy atom. The molecule has 0 saturated carbocycles. The van der Waals surface area contributed by atoms with E-state index < -0.39 is 0 Å². The topological polar surface area (TPSA) is 29.5 Å². The van der Waals surface area contributed by atoms with Crippen LogP contribution >= 0.6 is 23.2 Å². The predicted molar refractivity (Wildman–Crippen MR) is 129 cm³/mol. The fourth-order valence-corrected chi connectivity index (χ4v) is 4.31. The lowest BCUT2D eigenvalue weighted by Crippen LogP contribution is -2.26. The number of aryl methyl sites for hydroxylation is 1. The summed E-state index contributed by atoms with van der Waals surface area (Å²) in [6.07, 6.45) is 2.73. The molecule has 158 valence electrons. The zero-order valence-corrected chi connectivity index (χ0v) is 19.0. The van der Waals surface area contributed by atoms with Crippen molar-refractivity contribution in [3.63, 3.8) is 0 Å². The molecular weight excluding hydrogens is 429 g/mol. The van der Waals surface area contributed by atoms with Crippen LogP contribution in [0.1, 0.15) is 35.6 Å². The van der Waals surface area contributed by atoms with E-state index in [9.17, 15) is 4.79 Å². The maximum atomic E-state index is 13.0. The van der Waals surface area contributed by atoms with Gasteiger partial charge in [0.05, 0.1) is 15.7 Å². The lowest BCUT2D eigenvalue weighted by Gasteiger charge is -2.15. The zero-order valence-electron chi connectivity index (χ0n) is 17.5. The van der Waals surface area contributed by atoms with E-state index in [1.807, 2.05) is 66.4 Å². The Morgan fingerprint density at radius 3 is 2.35 bits per heavy atom. The molecule has 1 aliphatic rings. The molecule has 3 aromatic rings. The average molecular weight is 452 g/mol. The molecule has 0 bridgehead atoms. The standard InChI is InChI=1S/C26H23Cl2NO2/c1-3-12-29-24-7-5-4-6-20(24)21(26(29)30)13-19-14-22(27)25(23(28)15-19)31-16-18-10-8-17(2)9-11-18/h4-11,13-15H,3,12,16H2,1-2H3/b21-13-. The molecule has 0 spiro atoms. The number of hydrogen-bond acceptors (Lipinski definition) is 2. The minimum absolute atomic E-state index is 0.00464. The summed E-state index contributed by atoms with van der Waals surface area (Å²) in [6.45, 7) is 5.16. The normalized spacial score (nSPS) is 14.3. The minimum atomic E-state index is -0.00464. The van der Waals surface area contributed by atoms with Crippen molar-refractivity contribution in [3.05, 3.63) is 93.0 Å². The number of halogens is 2. The monoisotopic (exact) mass is 451 g/mol. The van der Waals surface area contributed by atoms with Crippen LogP contribution in [-0.4, -0.2) is 12.5 Å². The van der Waals surface area contributed by atoms with E-state index in [2.05, 4.69) is 6.92 Å². The van der Waals surface area contributed by atoms with Crippen molar-refractivity contribution >= 4 is 46.4 Å². The van der Waals surface area contributed by atoms with Gasteiger partial charge in [0.15, 0.2) is 5.75 Å². The van der Waals surface area contributed by atoms with E-state index in [4.69, 9.17) is 27.9 Å². The molecule has 5 heteroatoms. The summed E-state index contributed by atoms with van der Waals surface area (Å²) in [7, 11) is 0. The molecule has 1 aliphatic heterocycles. The second kappa shape index (κ2) is 9.17. The van der Waals surface area contributed by atoms with Gasteiger partial charge in [0.2, 0.25) is 0 Å². The molecule has 1 amide bonds. The highest BCUT2D eigenvalue weighted by Crippen LogP contribution is 2.40. The number of carbonyl (C=O) groups is 1. The third kappa shape index (κ3) is 4.48. The highest BCUT2D eigenvalue weighted by atomic mass is 35.5. The summed E-state index contributed by atoms with van der Waals surface area (Å²) < 4.78 is 5.89. The van der Waals surface area contributed by atoms with Crippen LogP contribution in [0.5, 0.6) is 5.75 Å². The lowest BCUT2D eigenvalue weighted by molar-refractivity contribution is -0.113. The van der Waals surface area contributed by atoms with Crippen molar-refractivity contribution in [1.29, 1.82) is 0 Å². The van der Waals surface area contributed by atoms with Crippen LogP contribution in [0, 0.1) is 6.92 Å². The first-order valence-corrected chi connectivity index (χ1v) is 11.0. The first kappa shape index (κ1) is 21.5. The van der Waals surface area contributed by atoms with Gasteiger partial charge in [-0.15, -0.1) is 0 Å². The van der Waals surface area contributed by atoms with Crippen LogP contribution in [0.4, 0.5) is 5.69 Å². The number of rotatable bonds is 6. The maximum absolute atomic E-state index is 13.0. The van der Waals surface area contributed by atoms with E-state index in [0.717, 1.165) is 28.8 Å². The van der Waals surface area contributed by atoms with Crippen molar-refractivity contribution in [2.24, 2.45) is 0 Å². The first-order chi connectivity index (χ1) is 15.0. The second-order valence-electron chi connectivity index (χ2n) is 7.62. The van der Waals surface area contributed by atoms with Crippen LogP contribution in [0.25, 0.3) is 11.6 Å². The summed E-state index contributed by atoms with van der Waals surface area (Å²) in [4.78, 5) is 14.9. The fourth-order valence-electron chi connectivity index (χ4n) is 3.70. The van der Waals surface area contributed by atoms with Crippen molar-refractivity contribution in [2.45, 2.75) is 26.9 Å². The van der Waals surface area contributed by atoms with Crippen LogP contribution in [0.3, 0.4) is 0 Å². The number of carbonyl (C=O) groups excluding carboxylic acids is 1. The van der Waals surface area contributed by atoms with E-state index in [1.165, 1.54) is 5.56 Å². The Morgan fingerprint density at radius 2 is 1.68 bits per heavy atom. The number of nitrogens with zero attached hydrogens (tertiary/aromatic N) is 1. The van der Waals surface area contributed by atoms with Gasteiger partial charge in [0.25, 0.3) is 5.91 Å². The third-order valence-electron chi connectivity index (χ3n) is 5.24. The summed E-state index contributed by atoms with van der Waals surface area (Å²) in [5, 5.41) is 0.825. The summed E-state index contributed by atoms with van der Waals surface area (Å²) in [6, 6.07) is 19.5. The molecule has 0 atom stereocenters. The molecule has 0 N–H and O–H groups in total. The van der Waals surface area contributed by atoms with Gasteiger partial charge in [-0.25, -0.2) is 0 Å². The molecule has 0 aliphatic carbocycles.